The Balaban J connectivity index is 1.79. The smallest absolute Gasteiger partial charge is 0.256 e. The van der Waals surface area contributed by atoms with E-state index in [-0.39, 0.29) is 43.2 Å². The topological polar surface area (TPSA) is 129 Å². The van der Waals surface area contributed by atoms with Gasteiger partial charge in [-0.15, -0.1) is 0 Å². The van der Waals surface area contributed by atoms with Crippen molar-refractivity contribution in [3.63, 3.8) is 0 Å². The molecule has 3 heterocycles. The van der Waals surface area contributed by atoms with Gasteiger partial charge in [0.15, 0.2) is 6.10 Å². The molecule has 1 aromatic heterocycles. The number of aldehydes is 1. The number of rotatable bonds is 11. The summed E-state index contributed by atoms with van der Waals surface area (Å²) in [6.45, 7) is 5.74. The van der Waals surface area contributed by atoms with E-state index in [2.05, 4.69) is 9.88 Å². The molecule has 2 atom stereocenters. The van der Waals surface area contributed by atoms with Crippen molar-refractivity contribution >= 4 is 29.8 Å². The number of aromatic nitrogens is 1. The third-order valence-electron chi connectivity index (χ3n) is 6.64. The van der Waals surface area contributed by atoms with Gasteiger partial charge >= 0.3 is 0 Å². The van der Waals surface area contributed by atoms with E-state index in [9.17, 15) is 19.2 Å². The van der Waals surface area contributed by atoms with Crippen LogP contribution in [0.2, 0.25) is 0 Å². The normalized spacial score (nSPS) is 21.4. The van der Waals surface area contributed by atoms with Gasteiger partial charge in [0.1, 0.15) is 18.3 Å². The minimum atomic E-state index is -0.838. The second-order valence-electron chi connectivity index (χ2n) is 9.95. The van der Waals surface area contributed by atoms with Crippen LogP contribution in [-0.2, 0) is 24.0 Å². The number of nitrogens with zero attached hydrogens (tertiary/aromatic N) is 5. The van der Waals surface area contributed by atoms with E-state index in [0.29, 0.717) is 45.2 Å². The Hall–Kier alpha value is -3.05. The van der Waals surface area contributed by atoms with Gasteiger partial charge in [-0.2, -0.15) is 5.06 Å². The molecule has 2 aliphatic rings. The molecule has 2 saturated heterocycles. The molecule has 11 nitrogen and oxygen atoms in total. The van der Waals surface area contributed by atoms with Crippen molar-refractivity contribution in [3.8, 4) is 0 Å². The summed E-state index contributed by atoms with van der Waals surface area (Å²) in [4.78, 5) is 65.7. The van der Waals surface area contributed by atoms with Crippen LogP contribution >= 0.6 is 0 Å². The van der Waals surface area contributed by atoms with Gasteiger partial charge in [-0.3, -0.25) is 19.2 Å². The number of hydroxylamine groups is 2. The first-order valence-corrected chi connectivity index (χ1v) is 12.6. The molecule has 11 heteroatoms. The van der Waals surface area contributed by atoms with Crippen molar-refractivity contribution in [1.29, 1.82) is 0 Å². The summed E-state index contributed by atoms with van der Waals surface area (Å²) in [6.07, 6.45) is 2.61. The maximum Gasteiger partial charge on any atom is 0.256 e. The maximum atomic E-state index is 13.8. The number of carbonyl (C=O) groups excluding carboxylic acids is 4. The lowest BCUT2D eigenvalue weighted by Crippen LogP contribution is -2.66. The molecule has 1 aromatic rings. The molecule has 2 unspecified atom stereocenters. The number of hydrogen-bond acceptors (Lipinski definition) is 8. The maximum absolute atomic E-state index is 13.8. The van der Waals surface area contributed by atoms with Crippen molar-refractivity contribution < 1.29 is 24.0 Å². The SMILES string of the molecule is CC(C)CC1ON(C(=O)C2CCN(c3ccccn3)CC2)C(CN(C)CCC(N)=O)N(CC=O)C1=O. The molecule has 0 aliphatic carbocycles. The van der Waals surface area contributed by atoms with Crippen LogP contribution in [-0.4, -0.2) is 95.9 Å². The van der Waals surface area contributed by atoms with Crippen LogP contribution < -0.4 is 10.6 Å². The zero-order chi connectivity index (χ0) is 26.2. The van der Waals surface area contributed by atoms with Crippen molar-refractivity contribution in [2.75, 3.05) is 44.7 Å². The van der Waals surface area contributed by atoms with Gasteiger partial charge in [0.2, 0.25) is 5.91 Å². The average molecular weight is 503 g/mol. The van der Waals surface area contributed by atoms with Crippen LogP contribution in [0, 0.1) is 11.8 Å². The van der Waals surface area contributed by atoms with Crippen molar-refractivity contribution in [3.05, 3.63) is 24.4 Å². The van der Waals surface area contributed by atoms with Crippen LogP contribution in [0.3, 0.4) is 0 Å². The lowest BCUT2D eigenvalue weighted by Gasteiger charge is -2.47. The Bertz CT molecular complexity index is 905. The Labute approximate surface area is 212 Å². The van der Waals surface area contributed by atoms with E-state index in [0.717, 1.165) is 5.82 Å². The molecule has 2 N–H and O–H groups in total. The minimum absolute atomic E-state index is 0.140. The summed E-state index contributed by atoms with van der Waals surface area (Å²) in [6, 6.07) is 5.76. The molecule has 0 spiro atoms. The minimum Gasteiger partial charge on any atom is -0.370 e. The number of hydrogen-bond donors (Lipinski definition) is 1. The van der Waals surface area contributed by atoms with E-state index >= 15 is 0 Å². The largest absolute Gasteiger partial charge is 0.370 e. The van der Waals surface area contributed by atoms with Crippen LogP contribution in [0.5, 0.6) is 0 Å². The molecule has 0 bridgehead atoms. The number of nitrogens with two attached hydrogens (primary N) is 1. The molecule has 0 aromatic carbocycles. The number of amides is 3. The third-order valence-corrected chi connectivity index (χ3v) is 6.64. The summed E-state index contributed by atoms with van der Waals surface area (Å²) >= 11 is 0. The van der Waals surface area contributed by atoms with E-state index in [1.165, 1.54) is 9.96 Å². The molecule has 3 amide bonds. The third kappa shape index (κ3) is 7.01. The standard InChI is InChI=1S/C25H38N6O5/c1-18(2)16-20-25(35)30(14-15-32)23(17-28(3)11-9-21(26)33)31(36-20)24(34)19-7-12-29(13-8-19)22-6-4-5-10-27-22/h4-6,10,15,18-20,23H,7-9,11-14,16-17H2,1-3H3,(H2,26,33). The number of piperidine rings is 1. The fourth-order valence-electron chi connectivity index (χ4n) is 4.69. The van der Waals surface area contributed by atoms with Crippen molar-refractivity contribution in [2.45, 2.75) is 51.8 Å². The molecule has 2 aliphatic heterocycles. The number of pyridine rings is 1. The fourth-order valence-corrected chi connectivity index (χ4v) is 4.69. The predicted octanol–water partition coefficient (Wildman–Crippen LogP) is 0.647. The van der Waals surface area contributed by atoms with Crippen molar-refractivity contribution in [1.82, 2.24) is 19.8 Å². The Morgan fingerprint density at radius 3 is 2.58 bits per heavy atom. The molecule has 0 radical (unpaired) electrons. The molecular formula is C25H38N6O5. The summed E-state index contributed by atoms with van der Waals surface area (Å²) in [7, 11) is 1.78. The summed E-state index contributed by atoms with van der Waals surface area (Å²) in [5, 5.41) is 1.32. The van der Waals surface area contributed by atoms with E-state index in [4.69, 9.17) is 10.6 Å². The lowest BCUT2D eigenvalue weighted by molar-refractivity contribution is -0.269. The quantitative estimate of drug-likeness (QED) is 0.437. The second kappa shape index (κ2) is 12.8. The van der Waals surface area contributed by atoms with Gasteiger partial charge in [0, 0.05) is 44.7 Å². The van der Waals surface area contributed by atoms with Gasteiger partial charge in [-0.25, -0.2) is 4.98 Å². The Kier molecular flexibility index (Phi) is 9.77. The Morgan fingerprint density at radius 1 is 1.28 bits per heavy atom. The highest BCUT2D eigenvalue weighted by Crippen LogP contribution is 2.29. The first-order chi connectivity index (χ1) is 17.2. The van der Waals surface area contributed by atoms with Crippen LogP contribution in [0.4, 0.5) is 5.82 Å². The molecule has 3 rings (SSSR count). The van der Waals surface area contributed by atoms with E-state index in [1.54, 1.807) is 13.2 Å². The van der Waals surface area contributed by atoms with Gasteiger partial charge < -0.3 is 25.2 Å². The number of anilines is 1. The van der Waals surface area contributed by atoms with E-state index < -0.39 is 18.2 Å². The number of likely N-dealkylation sites (N-methyl/N-ethyl adjacent to an activating group) is 1. The Morgan fingerprint density at radius 2 is 2.00 bits per heavy atom. The molecule has 198 valence electrons. The number of carbonyl (C=O) groups is 4. The number of primary amides is 1. The van der Waals surface area contributed by atoms with Gasteiger partial charge in [-0.05, 0) is 44.4 Å². The molecular weight excluding hydrogens is 464 g/mol. The van der Waals surface area contributed by atoms with Gasteiger partial charge in [0.05, 0.1) is 6.54 Å². The summed E-state index contributed by atoms with van der Waals surface area (Å²) in [5.41, 5.74) is 5.29. The molecule has 0 saturated carbocycles. The predicted molar refractivity (Wildman–Crippen MR) is 133 cm³/mol. The highest BCUT2D eigenvalue weighted by Gasteiger charge is 2.46. The van der Waals surface area contributed by atoms with Crippen LogP contribution in [0.25, 0.3) is 0 Å². The average Bonchev–Trinajstić information content (AvgIpc) is 2.86. The van der Waals surface area contributed by atoms with Gasteiger partial charge in [-0.1, -0.05) is 19.9 Å². The molecule has 36 heavy (non-hydrogen) atoms. The highest BCUT2D eigenvalue weighted by atomic mass is 16.7. The zero-order valence-corrected chi connectivity index (χ0v) is 21.4. The zero-order valence-electron chi connectivity index (χ0n) is 21.4. The second-order valence-corrected chi connectivity index (χ2v) is 9.95. The monoisotopic (exact) mass is 502 g/mol. The summed E-state index contributed by atoms with van der Waals surface area (Å²) in [5.74, 6) is -0.183. The lowest BCUT2D eigenvalue weighted by atomic mass is 9.95. The fraction of sp³-hybridized carbons (Fsp3) is 0.640. The van der Waals surface area contributed by atoms with Crippen molar-refractivity contribution in [2.24, 2.45) is 17.6 Å². The summed E-state index contributed by atoms with van der Waals surface area (Å²) < 4.78 is 0. The molecule has 2 fully saturated rings. The first-order valence-electron chi connectivity index (χ1n) is 12.6. The highest BCUT2D eigenvalue weighted by molar-refractivity contribution is 5.86. The first kappa shape index (κ1) is 27.5. The van der Waals surface area contributed by atoms with E-state index in [1.807, 2.05) is 36.9 Å². The van der Waals surface area contributed by atoms with Crippen LogP contribution in [0.15, 0.2) is 24.4 Å². The van der Waals surface area contributed by atoms with Gasteiger partial charge in [0.25, 0.3) is 11.8 Å². The van der Waals surface area contributed by atoms with Crippen LogP contribution in [0.1, 0.15) is 39.5 Å².